The maximum Gasteiger partial charge on any atom is 0.251 e. The Morgan fingerprint density at radius 1 is 1.28 bits per heavy atom. The van der Waals surface area contributed by atoms with E-state index in [4.69, 9.17) is 4.74 Å². The molecule has 1 amide bonds. The van der Waals surface area contributed by atoms with Gasteiger partial charge in [0.15, 0.2) is 0 Å². The van der Waals surface area contributed by atoms with Gasteiger partial charge in [0.25, 0.3) is 5.91 Å². The summed E-state index contributed by atoms with van der Waals surface area (Å²) in [4.78, 5) is 12.4. The molecule has 6 nitrogen and oxygen atoms in total. The van der Waals surface area contributed by atoms with Gasteiger partial charge in [0.2, 0.25) is 0 Å². The third-order valence-corrected chi connectivity index (χ3v) is 4.79. The molecule has 134 valence electrons. The lowest BCUT2D eigenvalue weighted by Crippen LogP contribution is -2.34. The molecular weight excluding hydrogens is 316 g/mol. The van der Waals surface area contributed by atoms with E-state index in [-0.39, 0.29) is 12.0 Å². The number of rotatable bonds is 5. The van der Waals surface area contributed by atoms with Crippen molar-refractivity contribution in [3.63, 3.8) is 0 Å². The molecule has 25 heavy (non-hydrogen) atoms. The van der Waals surface area contributed by atoms with Gasteiger partial charge in [-0.05, 0) is 64.0 Å². The van der Waals surface area contributed by atoms with Gasteiger partial charge in [0.05, 0.1) is 5.69 Å². The molecule has 2 N–H and O–H groups in total. The lowest BCUT2D eigenvalue weighted by atomic mass is 10.1. The van der Waals surface area contributed by atoms with Crippen LogP contribution in [0.4, 0.5) is 0 Å². The topological polar surface area (TPSA) is 68.2 Å². The third kappa shape index (κ3) is 4.20. The van der Waals surface area contributed by atoms with E-state index in [0.29, 0.717) is 12.1 Å². The van der Waals surface area contributed by atoms with Gasteiger partial charge >= 0.3 is 0 Å². The number of piperidine rings is 1. The van der Waals surface area contributed by atoms with Gasteiger partial charge in [-0.3, -0.25) is 9.48 Å². The van der Waals surface area contributed by atoms with Crippen molar-refractivity contribution in [3.05, 3.63) is 46.8 Å². The van der Waals surface area contributed by atoms with Crippen LogP contribution >= 0.6 is 0 Å². The van der Waals surface area contributed by atoms with Gasteiger partial charge in [-0.25, -0.2) is 0 Å². The first-order valence-electron chi connectivity index (χ1n) is 8.79. The summed E-state index contributed by atoms with van der Waals surface area (Å²) in [5.74, 6) is 0.735. The maximum absolute atomic E-state index is 12.4. The summed E-state index contributed by atoms with van der Waals surface area (Å²) in [6.07, 6.45) is 2.30. The molecule has 1 fully saturated rings. The Morgan fingerprint density at radius 2 is 1.96 bits per heavy atom. The van der Waals surface area contributed by atoms with Crippen LogP contribution in [0.3, 0.4) is 0 Å². The summed E-state index contributed by atoms with van der Waals surface area (Å²) in [6, 6.07) is 7.37. The molecule has 2 aromatic rings. The van der Waals surface area contributed by atoms with Crippen LogP contribution in [0.2, 0.25) is 0 Å². The van der Waals surface area contributed by atoms with E-state index in [1.54, 1.807) is 0 Å². The number of aryl methyl sites for hydroxylation is 2. The fourth-order valence-electron chi connectivity index (χ4n) is 3.13. The number of benzene rings is 1. The average Bonchev–Trinajstić information content (AvgIpc) is 2.86. The summed E-state index contributed by atoms with van der Waals surface area (Å²) in [6.45, 7) is 6.45. The monoisotopic (exact) mass is 342 g/mol. The normalized spacial score (nSPS) is 15.2. The van der Waals surface area contributed by atoms with Crippen molar-refractivity contribution in [1.29, 1.82) is 0 Å². The van der Waals surface area contributed by atoms with Crippen molar-refractivity contribution >= 4 is 5.91 Å². The Kier molecular flexibility index (Phi) is 5.38. The summed E-state index contributed by atoms with van der Waals surface area (Å²) < 4.78 is 7.81. The molecule has 0 atom stereocenters. The van der Waals surface area contributed by atoms with E-state index in [2.05, 4.69) is 15.7 Å². The Bertz CT molecular complexity index is 731. The minimum atomic E-state index is -0.0870. The van der Waals surface area contributed by atoms with Crippen LogP contribution in [0.1, 0.15) is 40.2 Å². The highest BCUT2D eigenvalue weighted by molar-refractivity contribution is 5.94. The van der Waals surface area contributed by atoms with Gasteiger partial charge < -0.3 is 15.4 Å². The van der Waals surface area contributed by atoms with E-state index < -0.39 is 0 Å². The van der Waals surface area contributed by atoms with Crippen LogP contribution in [0, 0.1) is 13.8 Å². The van der Waals surface area contributed by atoms with Crippen molar-refractivity contribution < 1.29 is 9.53 Å². The molecule has 0 unspecified atom stereocenters. The van der Waals surface area contributed by atoms with Crippen LogP contribution in [-0.4, -0.2) is 34.9 Å². The van der Waals surface area contributed by atoms with Crippen LogP contribution in [-0.2, 0) is 13.6 Å². The van der Waals surface area contributed by atoms with Gasteiger partial charge in [-0.2, -0.15) is 5.10 Å². The second-order valence-corrected chi connectivity index (χ2v) is 6.55. The van der Waals surface area contributed by atoms with Crippen molar-refractivity contribution in [3.8, 4) is 5.75 Å². The van der Waals surface area contributed by atoms with Gasteiger partial charge in [0.1, 0.15) is 11.9 Å². The number of amides is 1. The van der Waals surface area contributed by atoms with Crippen molar-refractivity contribution in [2.24, 2.45) is 7.05 Å². The molecule has 1 aromatic carbocycles. The zero-order chi connectivity index (χ0) is 17.8. The van der Waals surface area contributed by atoms with E-state index in [1.807, 2.05) is 49.8 Å². The first kappa shape index (κ1) is 17.5. The highest BCUT2D eigenvalue weighted by Crippen LogP contribution is 2.18. The van der Waals surface area contributed by atoms with Gasteiger partial charge in [0, 0.05) is 30.4 Å². The van der Waals surface area contributed by atoms with E-state index in [1.165, 1.54) is 0 Å². The summed E-state index contributed by atoms with van der Waals surface area (Å²) in [5.41, 5.74) is 3.73. The van der Waals surface area contributed by atoms with E-state index >= 15 is 0 Å². The van der Waals surface area contributed by atoms with Crippen LogP contribution < -0.4 is 15.4 Å². The molecule has 1 aromatic heterocycles. The highest BCUT2D eigenvalue weighted by Gasteiger charge is 2.15. The number of carbonyl (C=O) groups excluding carboxylic acids is 1. The second-order valence-electron chi connectivity index (χ2n) is 6.55. The van der Waals surface area contributed by atoms with Gasteiger partial charge in [-0.15, -0.1) is 0 Å². The quantitative estimate of drug-likeness (QED) is 0.873. The highest BCUT2D eigenvalue weighted by atomic mass is 16.5. The van der Waals surface area contributed by atoms with Crippen molar-refractivity contribution in [2.75, 3.05) is 13.1 Å². The smallest absolute Gasteiger partial charge is 0.251 e. The largest absolute Gasteiger partial charge is 0.490 e. The SMILES string of the molecule is Cc1nn(C)c(C)c1CNC(=O)c1ccc(OC2CCNCC2)cc1. The molecule has 6 heteroatoms. The molecular formula is C19H26N4O2. The number of nitrogens with one attached hydrogen (secondary N) is 2. The van der Waals surface area contributed by atoms with E-state index in [9.17, 15) is 4.79 Å². The van der Waals surface area contributed by atoms with Crippen LogP contribution in [0.5, 0.6) is 5.75 Å². The molecule has 0 bridgehead atoms. The van der Waals surface area contributed by atoms with Crippen LogP contribution in [0.25, 0.3) is 0 Å². The number of aromatic nitrogens is 2. The molecule has 0 aliphatic carbocycles. The number of nitrogens with zero attached hydrogens (tertiary/aromatic N) is 2. The predicted octanol–water partition coefficient (Wildman–Crippen LogP) is 2.10. The first-order chi connectivity index (χ1) is 12.0. The Labute approximate surface area is 148 Å². The predicted molar refractivity (Wildman–Crippen MR) is 96.8 cm³/mol. The lowest BCUT2D eigenvalue weighted by molar-refractivity contribution is 0.0950. The molecule has 3 rings (SSSR count). The molecule has 0 saturated carbocycles. The Hall–Kier alpha value is -2.34. The molecule has 1 saturated heterocycles. The molecule has 1 aliphatic rings. The Morgan fingerprint density at radius 3 is 2.56 bits per heavy atom. The zero-order valence-corrected chi connectivity index (χ0v) is 15.1. The average molecular weight is 342 g/mol. The van der Waals surface area contributed by atoms with Crippen LogP contribution in [0.15, 0.2) is 24.3 Å². The number of carbonyl (C=O) groups is 1. The third-order valence-electron chi connectivity index (χ3n) is 4.79. The summed E-state index contributed by atoms with van der Waals surface area (Å²) in [5, 5.41) is 10.7. The molecule has 2 heterocycles. The van der Waals surface area contributed by atoms with Gasteiger partial charge in [-0.1, -0.05) is 0 Å². The van der Waals surface area contributed by atoms with Crippen molar-refractivity contribution in [1.82, 2.24) is 20.4 Å². The van der Waals surface area contributed by atoms with Crippen molar-refractivity contribution in [2.45, 2.75) is 39.3 Å². The minimum absolute atomic E-state index is 0.0870. The minimum Gasteiger partial charge on any atom is -0.490 e. The number of hydrogen-bond donors (Lipinski definition) is 2. The summed E-state index contributed by atoms with van der Waals surface area (Å²) in [7, 11) is 1.91. The number of hydrogen-bond acceptors (Lipinski definition) is 4. The summed E-state index contributed by atoms with van der Waals surface area (Å²) >= 11 is 0. The molecule has 0 radical (unpaired) electrons. The fraction of sp³-hybridized carbons (Fsp3) is 0.474. The van der Waals surface area contributed by atoms with E-state index in [0.717, 1.165) is 48.6 Å². The zero-order valence-electron chi connectivity index (χ0n) is 15.1. The first-order valence-corrected chi connectivity index (χ1v) is 8.79. The lowest BCUT2D eigenvalue weighted by Gasteiger charge is -2.23. The maximum atomic E-state index is 12.4. The standard InChI is InChI=1S/C19H26N4O2/c1-13-18(14(2)23(3)22-13)12-21-19(24)15-4-6-16(7-5-15)25-17-8-10-20-11-9-17/h4-7,17,20H,8-12H2,1-3H3,(H,21,24). The number of ether oxygens (including phenoxy) is 1. The second kappa shape index (κ2) is 7.70. The Balaban J connectivity index is 1.57. The molecule has 1 aliphatic heterocycles. The molecule has 0 spiro atoms. The fourth-order valence-corrected chi connectivity index (χ4v) is 3.13.